The smallest absolute Gasteiger partial charge is 0.275 e. The van der Waals surface area contributed by atoms with Gasteiger partial charge in [-0.05, 0) is 35.6 Å². The molecule has 0 atom stereocenters. The van der Waals surface area contributed by atoms with E-state index in [0.29, 0.717) is 11.5 Å². The number of hydrazine groups is 1. The maximum atomic E-state index is 11.5. The second-order valence-electron chi connectivity index (χ2n) is 4.04. The van der Waals surface area contributed by atoms with Crippen molar-refractivity contribution in [3.05, 3.63) is 51.7 Å². The van der Waals surface area contributed by atoms with E-state index in [9.17, 15) is 4.79 Å². The molecule has 0 fully saturated rings. The maximum Gasteiger partial charge on any atom is 0.275 e. The molecule has 100 valence electrons. The van der Waals surface area contributed by atoms with Crippen molar-refractivity contribution < 1.29 is 9.53 Å². The van der Waals surface area contributed by atoms with Gasteiger partial charge in [0.05, 0.1) is 4.88 Å². The Balaban J connectivity index is 2.06. The maximum absolute atomic E-state index is 11.5. The summed E-state index contributed by atoms with van der Waals surface area (Å²) < 4.78 is 5.71. The normalized spacial score (nSPS) is 10.2. The molecule has 1 amide bonds. The largest absolute Gasteiger partial charge is 0.489 e. The van der Waals surface area contributed by atoms with E-state index >= 15 is 0 Å². The van der Waals surface area contributed by atoms with Gasteiger partial charge in [0.15, 0.2) is 0 Å². The molecule has 2 aromatic rings. The van der Waals surface area contributed by atoms with E-state index in [-0.39, 0.29) is 5.91 Å². The van der Waals surface area contributed by atoms with Crippen LogP contribution in [-0.2, 0) is 13.0 Å². The fourth-order valence-electron chi connectivity index (χ4n) is 1.73. The van der Waals surface area contributed by atoms with E-state index in [1.807, 2.05) is 29.6 Å². The lowest BCUT2D eigenvalue weighted by Crippen LogP contribution is -2.30. The molecular weight excluding hydrogens is 260 g/mol. The third-order valence-corrected chi connectivity index (χ3v) is 3.74. The Labute approximate surface area is 116 Å². The van der Waals surface area contributed by atoms with Crippen LogP contribution in [0.1, 0.15) is 27.7 Å². The Morgan fingerprint density at radius 3 is 3.00 bits per heavy atom. The summed E-state index contributed by atoms with van der Waals surface area (Å²) >= 11 is 1.35. The average molecular weight is 276 g/mol. The van der Waals surface area contributed by atoms with Gasteiger partial charge in [-0.25, -0.2) is 5.84 Å². The number of ether oxygens (including phenoxy) is 1. The first kappa shape index (κ1) is 13.6. The van der Waals surface area contributed by atoms with E-state index in [1.54, 1.807) is 0 Å². The van der Waals surface area contributed by atoms with Crippen molar-refractivity contribution in [3.8, 4) is 5.75 Å². The number of hydrogen-bond acceptors (Lipinski definition) is 4. The van der Waals surface area contributed by atoms with E-state index in [2.05, 4.69) is 18.4 Å². The van der Waals surface area contributed by atoms with Crippen molar-refractivity contribution in [2.45, 2.75) is 20.0 Å². The highest BCUT2D eigenvalue weighted by atomic mass is 32.1. The summed E-state index contributed by atoms with van der Waals surface area (Å²) in [5.74, 6) is 5.67. The molecule has 2 rings (SSSR count). The van der Waals surface area contributed by atoms with Crippen molar-refractivity contribution in [1.82, 2.24) is 5.43 Å². The summed E-state index contributed by atoms with van der Waals surface area (Å²) in [4.78, 5) is 12.1. The molecule has 0 aliphatic carbocycles. The van der Waals surface area contributed by atoms with E-state index in [1.165, 1.54) is 16.9 Å². The van der Waals surface area contributed by atoms with Gasteiger partial charge < -0.3 is 4.74 Å². The fraction of sp³-hybridized carbons (Fsp3) is 0.214. The van der Waals surface area contributed by atoms with Crippen LogP contribution < -0.4 is 16.0 Å². The molecule has 5 heteroatoms. The van der Waals surface area contributed by atoms with Gasteiger partial charge in [0.1, 0.15) is 12.4 Å². The zero-order valence-corrected chi connectivity index (χ0v) is 11.5. The molecule has 4 nitrogen and oxygen atoms in total. The Morgan fingerprint density at radius 2 is 2.26 bits per heavy atom. The van der Waals surface area contributed by atoms with E-state index < -0.39 is 0 Å². The summed E-state index contributed by atoms with van der Waals surface area (Å²) in [7, 11) is 0. The minimum Gasteiger partial charge on any atom is -0.489 e. The topological polar surface area (TPSA) is 64.3 Å². The number of amides is 1. The highest BCUT2D eigenvalue weighted by Crippen LogP contribution is 2.20. The number of thiophene rings is 1. The molecule has 0 saturated carbocycles. The first-order chi connectivity index (χ1) is 9.24. The number of benzene rings is 1. The molecular formula is C14H16N2O2S. The van der Waals surface area contributed by atoms with E-state index in [0.717, 1.165) is 17.7 Å². The summed E-state index contributed by atoms with van der Waals surface area (Å²) in [6.07, 6.45) is 0.969. The zero-order chi connectivity index (χ0) is 13.7. The molecule has 0 bridgehead atoms. The summed E-state index contributed by atoms with van der Waals surface area (Å²) in [5.41, 5.74) is 4.21. The minimum absolute atomic E-state index is 0.282. The van der Waals surface area contributed by atoms with Crippen LogP contribution in [0, 0.1) is 0 Å². The minimum atomic E-state index is -0.282. The van der Waals surface area contributed by atoms with Crippen molar-refractivity contribution in [2.75, 3.05) is 0 Å². The fourth-order valence-corrected chi connectivity index (χ4v) is 2.54. The van der Waals surface area contributed by atoms with Gasteiger partial charge in [-0.1, -0.05) is 19.1 Å². The van der Waals surface area contributed by atoms with Crippen LogP contribution >= 0.6 is 11.3 Å². The summed E-state index contributed by atoms with van der Waals surface area (Å²) in [5, 5.41) is 1.85. The summed E-state index contributed by atoms with van der Waals surface area (Å²) in [6, 6.07) is 9.82. The molecule has 0 unspecified atom stereocenters. The van der Waals surface area contributed by atoms with Gasteiger partial charge >= 0.3 is 0 Å². The van der Waals surface area contributed by atoms with Crippen molar-refractivity contribution in [2.24, 2.45) is 5.84 Å². The van der Waals surface area contributed by atoms with Crippen LogP contribution in [0.15, 0.2) is 35.7 Å². The number of nitrogens with one attached hydrogen (secondary N) is 1. The van der Waals surface area contributed by atoms with Crippen LogP contribution in [0.2, 0.25) is 0 Å². The Kier molecular flexibility index (Phi) is 4.54. The molecule has 1 heterocycles. The molecule has 1 aromatic carbocycles. The van der Waals surface area contributed by atoms with Gasteiger partial charge in [0, 0.05) is 5.56 Å². The molecule has 3 N–H and O–H groups in total. The standard InChI is InChI=1S/C14H16N2O2S/c1-2-10-4-3-5-12(8-10)18-9-11-6-7-19-13(11)14(17)16-15/h3-8H,2,9,15H2,1H3,(H,16,17). The number of carbonyl (C=O) groups excluding carboxylic acids is 1. The van der Waals surface area contributed by atoms with Crippen LogP contribution in [0.3, 0.4) is 0 Å². The number of nitrogens with two attached hydrogens (primary N) is 1. The lowest BCUT2D eigenvalue weighted by molar-refractivity contribution is 0.0955. The third kappa shape index (κ3) is 3.33. The average Bonchev–Trinajstić information content (AvgIpc) is 2.93. The first-order valence-corrected chi connectivity index (χ1v) is 6.91. The molecule has 0 saturated heterocycles. The zero-order valence-electron chi connectivity index (χ0n) is 10.7. The highest BCUT2D eigenvalue weighted by Gasteiger charge is 2.12. The number of rotatable bonds is 5. The summed E-state index contributed by atoms with van der Waals surface area (Å²) in [6.45, 7) is 2.46. The van der Waals surface area contributed by atoms with Gasteiger partial charge in [-0.3, -0.25) is 10.2 Å². The first-order valence-electron chi connectivity index (χ1n) is 6.03. The predicted molar refractivity (Wildman–Crippen MR) is 76.1 cm³/mol. The van der Waals surface area contributed by atoms with E-state index in [4.69, 9.17) is 10.6 Å². The van der Waals surface area contributed by atoms with Crippen LogP contribution in [0.5, 0.6) is 5.75 Å². The molecule has 19 heavy (non-hydrogen) atoms. The molecule has 0 aliphatic heterocycles. The lowest BCUT2D eigenvalue weighted by atomic mass is 10.2. The molecule has 0 aliphatic rings. The molecule has 0 spiro atoms. The van der Waals surface area contributed by atoms with Crippen LogP contribution in [0.4, 0.5) is 0 Å². The predicted octanol–water partition coefficient (Wildman–Crippen LogP) is 2.49. The number of nitrogen functional groups attached to an aromatic ring is 1. The third-order valence-electron chi connectivity index (χ3n) is 2.79. The van der Waals surface area contributed by atoms with Crippen molar-refractivity contribution in [3.63, 3.8) is 0 Å². The lowest BCUT2D eigenvalue weighted by Gasteiger charge is -2.08. The van der Waals surface area contributed by atoms with Crippen LogP contribution in [0.25, 0.3) is 0 Å². The number of hydrogen-bond donors (Lipinski definition) is 2. The second-order valence-corrected chi connectivity index (χ2v) is 4.95. The van der Waals surface area contributed by atoms with Gasteiger partial charge in [0.2, 0.25) is 0 Å². The quantitative estimate of drug-likeness (QED) is 0.501. The van der Waals surface area contributed by atoms with Gasteiger partial charge in [-0.15, -0.1) is 11.3 Å². The van der Waals surface area contributed by atoms with Gasteiger partial charge in [-0.2, -0.15) is 0 Å². The SMILES string of the molecule is CCc1cccc(OCc2ccsc2C(=O)NN)c1. The Morgan fingerprint density at radius 1 is 1.42 bits per heavy atom. The van der Waals surface area contributed by atoms with Crippen molar-refractivity contribution in [1.29, 1.82) is 0 Å². The Hall–Kier alpha value is -1.85. The van der Waals surface area contributed by atoms with Gasteiger partial charge in [0.25, 0.3) is 5.91 Å². The highest BCUT2D eigenvalue weighted by molar-refractivity contribution is 7.12. The number of carbonyl (C=O) groups is 1. The van der Waals surface area contributed by atoms with Crippen LogP contribution in [-0.4, -0.2) is 5.91 Å². The Bertz CT molecular complexity index is 566. The number of aryl methyl sites for hydroxylation is 1. The molecule has 1 aromatic heterocycles. The van der Waals surface area contributed by atoms with Crippen molar-refractivity contribution >= 4 is 17.2 Å². The monoisotopic (exact) mass is 276 g/mol. The molecule has 0 radical (unpaired) electrons. The second kappa shape index (κ2) is 6.36.